The van der Waals surface area contributed by atoms with Crippen LogP contribution in [0.25, 0.3) is 10.7 Å². The average molecular weight is 420 g/mol. The standard InChI is InChI=1S/C17H15Cl2N7S/c1-10-8-14(25(2)23-10)16-21-22-17(27-16)20-15-6-7-26(24-15)9-11-12(18)4-3-5-13(11)19/h3-8H,9H2,1-2H3,(H,20,22,24). The topological polar surface area (TPSA) is 73.5 Å². The molecule has 0 unspecified atom stereocenters. The minimum atomic E-state index is 0.482. The molecule has 1 N–H and O–H groups in total. The van der Waals surface area contributed by atoms with Crippen molar-refractivity contribution in [3.63, 3.8) is 0 Å². The second-order valence-corrected chi connectivity index (χ2v) is 7.72. The summed E-state index contributed by atoms with van der Waals surface area (Å²) in [4.78, 5) is 0. The van der Waals surface area contributed by atoms with E-state index in [0.717, 1.165) is 22.0 Å². The molecule has 0 spiro atoms. The van der Waals surface area contributed by atoms with Crippen molar-refractivity contribution in [2.75, 3.05) is 5.32 Å². The van der Waals surface area contributed by atoms with Gasteiger partial charge in [0.1, 0.15) is 0 Å². The molecular weight excluding hydrogens is 405 g/mol. The van der Waals surface area contributed by atoms with Gasteiger partial charge in [0.25, 0.3) is 0 Å². The third kappa shape index (κ3) is 3.83. The van der Waals surface area contributed by atoms with Crippen LogP contribution in [-0.4, -0.2) is 29.8 Å². The Hall–Kier alpha value is -2.42. The molecule has 4 rings (SSSR count). The van der Waals surface area contributed by atoms with E-state index in [1.807, 2.05) is 50.5 Å². The summed E-state index contributed by atoms with van der Waals surface area (Å²) in [7, 11) is 1.89. The average Bonchev–Trinajstić information content (AvgIpc) is 3.32. The largest absolute Gasteiger partial charge is 0.313 e. The van der Waals surface area contributed by atoms with Crippen molar-refractivity contribution < 1.29 is 0 Å². The Bertz CT molecular complexity index is 1080. The van der Waals surface area contributed by atoms with Crippen LogP contribution in [0.3, 0.4) is 0 Å². The quantitative estimate of drug-likeness (QED) is 0.513. The smallest absolute Gasteiger partial charge is 0.211 e. The van der Waals surface area contributed by atoms with E-state index >= 15 is 0 Å². The molecule has 0 saturated carbocycles. The maximum atomic E-state index is 6.23. The molecule has 3 heterocycles. The molecule has 0 amide bonds. The Morgan fingerprint density at radius 3 is 2.59 bits per heavy atom. The molecule has 0 aliphatic carbocycles. The number of nitrogens with one attached hydrogen (secondary N) is 1. The fraction of sp³-hybridized carbons (Fsp3) is 0.176. The predicted octanol–water partition coefficient (Wildman–Crippen LogP) is 4.54. The molecule has 0 bridgehead atoms. The van der Waals surface area contributed by atoms with Crippen LogP contribution in [0.1, 0.15) is 11.3 Å². The molecule has 1 aromatic carbocycles. The van der Waals surface area contributed by atoms with Crippen molar-refractivity contribution in [3.8, 4) is 10.7 Å². The van der Waals surface area contributed by atoms with Crippen LogP contribution in [0.4, 0.5) is 10.9 Å². The highest BCUT2D eigenvalue weighted by Crippen LogP contribution is 2.28. The van der Waals surface area contributed by atoms with E-state index in [0.29, 0.717) is 27.5 Å². The molecule has 0 fully saturated rings. The van der Waals surface area contributed by atoms with Crippen molar-refractivity contribution in [3.05, 3.63) is 57.8 Å². The summed E-state index contributed by atoms with van der Waals surface area (Å²) in [5, 5.41) is 23.1. The van der Waals surface area contributed by atoms with Gasteiger partial charge in [0.15, 0.2) is 10.8 Å². The molecule has 0 aliphatic heterocycles. The van der Waals surface area contributed by atoms with Gasteiger partial charge in [-0.2, -0.15) is 10.2 Å². The molecule has 0 radical (unpaired) electrons. The maximum Gasteiger partial charge on any atom is 0.211 e. The van der Waals surface area contributed by atoms with Crippen LogP contribution in [-0.2, 0) is 13.6 Å². The first kappa shape index (κ1) is 18.0. The minimum absolute atomic E-state index is 0.482. The zero-order valence-corrected chi connectivity index (χ0v) is 16.8. The van der Waals surface area contributed by atoms with Gasteiger partial charge in [-0.3, -0.25) is 9.36 Å². The van der Waals surface area contributed by atoms with Crippen LogP contribution in [0.2, 0.25) is 10.0 Å². The fourth-order valence-electron chi connectivity index (χ4n) is 2.66. The molecule has 0 saturated heterocycles. The van der Waals surface area contributed by atoms with E-state index in [4.69, 9.17) is 23.2 Å². The van der Waals surface area contributed by atoms with E-state index < -0.39 is 0 Å². The first-order valence-corrected chi connectivity index (χ1v) is 9.65. The van der Waals surface area contributed by atoms with Gasteiger partial charge in [0.2, 0.25) is 5.13 Å². The summed E-state index contributed by atoms with van der Waals surface area (Å²) in [5.74, 6) is 0.669. The van der Waals surface area contributed by atoms with Gasteiger partial charge >= 0.3 is 0 Å². The number of benzene rings is 1. The summed E-state index contributed by atoms with van der Waals surface area (Å²) in [6.07, 6.45) is 1.86. The summed E-state index contributed by atoms with van der Waals surface area (Å²) in [6, 6.07) is 9.29. The first-order valence-electron chi connectivity index (χ1n) is 8.07. The Morgan fingerprint density at radius 2 is 1.89 bits per heavy atom. The molecule has 27 heavy (non-hydrogen) atoms. The minimum Gasteiger partial charge on any atom is -0.313 e. The van der Waals surface area contributed by atoms with Crippen LogP contribution in [0.5, 0.6) is 0 Å². The summed E-state index contributed by atoms with van der Waals surface area (Å²) < 4.78 is 3.56. The summed E-state index contributed by atoms with van der Waals surface area (Å²) in [6.45, 7) is 2.43. The monoisotopic (exact) mass is 419 g/mol. The number of aryl methyl sites for hydroxylation is 2. The zero-order chi connectivity index (χ0) is 19.0. The van der Waals surface area contributed by atoms with E-state index in [2.05, 4.69) is 25.7 Å². The van der Waals surface area contributed by atoms with Crippen LogP contribution in [0.15, 0.2) is 36.5 Å². The maximum absolute atomic E-state index is 6.23. The number of halogens is 2. The molecule has 10 heteroatoms. The Labute approximate surface area is 169 Å². The molecule has 138 valence electrons. The lowest BCUT2D eigenvalue weighted by Crippen LogP contribution is -2.02. The number of hydrogen-bond acceptors (Lipinski definition) is 6. The Morgan fingerprint density at radius 1 is 1.11 bits per heavy atom. The molecule has 4 aromatic rings. The van der Waals surface area contributed by atoms with E-state index in [1.54, 1.807) is 9.36 Å². The van der Waals surface area contributed by atoms with Gasteiger partial charge in [-0.15, -0.1) is 10.2 Å². The van der Waals surface area contributed by atoms with Crippen LogP contribution >= 0.6 is 34.5 Å². The number of aromatic nitrogens is 6. The Kier molecular flexibility index (Phi) is 4.86. The lowest BCUT2D eigenvalue weighted by molar-refractivity contribution is 0.690. The number of nitrogens with zero attached hydrogens (tertiary/aromatic N) is 6. The lowest BCUT2D eigenvalue weighted by Gasteiger charge is -2.06. The Balaban J connectivity index is 1.49. The van der Waals surface area contributed by atoms with Gasteiger partial charge in [0.05, 0.1) is 17.9 Å². The third-order valence-corrected chi connectivity index (χ3v) is 5.47. The van der Waals surface area contributed by atoms with Crippen molar-refractivity contribution in [2.24, 2.45) is 7.05 Å². The summed E-state index contributed by atoms with van der Waals surface area (Å²) in [5.41, 5.74) is 2.70. The van der Waals surface area contributed by atoms with E-state index in [9.17, 15) is 0 Å². The highest BCUT2D eigenvalue weighted by molar-refractivity contribution is 7.18. The number of rotatable bonds is 5. The molecule has 7 nitrogen and oxygen atoms in total. The van der Waals surface area contributed by atoms with Crippen molar-refractivity contribution in [1.82, 2.24) is 29.8 Å². The van der Waals surface area contributed by atoms with Gasteiger partial charge < -0.3 is 5.32 Å². The molecule has 0 atom stereocenters. The molecule has 0 aliphatic rings. The SMILES string of the molecule is Cc1cc(-c2nnc(Nc3ccn(Cc4c(Cl)cccc4Cl)n3)s2)n(C)n1. The highest BCUT2D eigenvalue weighted by Gasteiger charge is 2.13. The van der Waals surface area contributed by atoms with Crippen molar-refractivity contribution >= 4 is 45.5 Å². The van der Waals surface area contributed by atoms with Crippen LogP contribution < -0.4 is 5.32 Å². The van der Waals surface area contributed by atoms with Crippen molar-refractivity contribution in [2.45, 2.75) is 13.5 Å². The van der Waals surface area contributed by atoms with Gasteiger partial charge in [0, 0.05) is 34.9 Å². The lowest BCUT2D eigenvalue weighted by atomic mass is 10.2. The zero-order valence-electron chi connectivity index (χ0n) is 14.5. The van der Waals surface area contributed by atoms with Gasteiger partial charge in [-0.1, -0.05) is 40.6 Å². The second kappa shape index (κ2) is 7.30. The van der Waals surface area contributed by atoms with E-state index in [-0.39, 0.29) is 0 Å². The molecule has 3 aromatic heterocycles. The highest BCUT2D eigenvalue weighted by atomic mass is 35.5. The van der Waals surface area contributed by atoms with Gasteiger partial charge in [-0.05, 0) is 25.1 Å². The van der Waals surface area contributed by atoms with Crippen LogP contribution in [0, 0.1) is 6.92 Å². The first-order chi connectivity index (χ1) is 13.0. The number of hydrogen-bond donors (Lipinski definition) is 1. The summed E-state index contributed by atoms with van der Waals surface area (Å²) >= 11 is 13.9. The second-order valence-electron chi connectivity index (χ2n) is 5.93. The third-order valence-electron chi connectivity index (χ3n) is 3.90. The number of anilines is 2. The molecular formula is C17H15Cl2N7S. The van der Waals surface area contributed by atoms with Crippen molar-refractivity contribution in [1.29, 1.82) is 0 Å². The fourth-order valence-corrected chi connectivity index (χ4v) is 3.97. The predicted molar refractivity (Wildman–Crippen MR) is 108 cm³/mol. The normalized spacial score (nSPS) is 11.1. The van der Waals surface area contributed by atoms with E-state index in [1.165, 1.54) is 11.3 Å². The van der Waals surface area contributed by atoms with Gasteiger partial charge in [-0.25, -0.2) is 0 Å².